The Labute approximate surface area is 176 Å². The van der Waals surface area contributed by atoms with Gasteiger partial charge in [0, 0.05) is 29.0 Å². The highest BCUT2D eigenvalue weighted by molar-refractivity contribution is 7.11. The Kier molecular flexibility index (Phi) is 5.64. The predicted octanol–water partition coefficient (Wildman–Crippen LogP) is 2.99. The molecule has 1 aromatic carbocycles. The van der Waals surface area contributed by atoms with Gasteiger partial charge in [-0.05, 0) is 35.2 Å². The number of rotatable bonds is 5. The fourth-order valence-corrected chi connectivity index (χ4v) is 4.00. The molecule has 0 saturated carbocycles. The van der Waals surface area contributed by atoms with E-state index in [1.807, 2.05) is 47.9 Å². The van der Waals surface area contributed by atoms with Crippen LogP contribution in [0, 0.1) is 0 Å². The van der Waals surface area contributed by atoms with Gasteiger partial charge in [-0.2, -0.15) is 0 Å². The van der Waals surface area contributed by atoms with E-state index >= 15 is 0 Å². The van der Waals surface area contributed by atoms with Crippen LogP contribution in [0.4, 0.5) is 0 Å². The van der Waals surface area contributed by atoms with Crippen LogP contribution >= 0.6 is 11.3 Å². The average molecular weight is 425 g/mol. The molecule has 1 aliphatic heterocycles. The van der Waals surface area contributed by atoms with Crippen LogP contribution in [0.2, 0.25) is 0 Å². The highest BCUT2D eigenvalue weighted by Crippen LogP contribution is 2.29. The van der Waals surface area contributed by atoms with Crippen molar-refractivity contribution >= 4 is 34.8 Å². The largest absolute Gasteiger partial charge is 0.497 e. The number of amides is 2. The Morgan fingerprint density at radius 3 is 2.77 bits per heavy atom. The number of benzene rings is 1. The van der Waals surface area contributed by atoms with Crippen LogP contribution in [0.5, 0.6) is 5.75 Å². The van der Waals surface area contributed by atoms with Crippen LogP contribution in [0.25, 0.3) is 11.6 Å². The minimum Gasteiger partial charge on any atom is -0.497 e. The fourth-order valence-electron chi connectivity index (χ4n) is 3.34. The summed E-state index contributed by atoms with van der Waals surface area (Å²) in [6.07, 6.45) is 2.29. The molecule has 0 unspecified atom stereocenters. The third kappa shape index (κ3) is 3.85. The van der Waals surface area contributed by atoms with E-state index in [0.717, 1.165) is 10.4 Å². The van der Waals surface area contributed by atoms with Crippen LogP contribution in [0.15, 0.2) is 46.3 Å². The van der Waals surface area contributed by atoms with Gasteiger partial charge >= 0.3 is 0 Å². The van der Waals surface area contributed by atoms with Gasteiger partial charge in [0.25, 0.3) is 11.8 Å². The van der Waals surface area contributed by atoms with Crippen LogP contribution in [-0.4, -0.2) is 40.7 Å². The number of ether oxygens (including phenoxy) is 1. The molecule has 2 amide bonds. The highest BCUT2D eigenvalue weighted by Gasteiger charge is 2.31. The lowest BCUT2D eigenvalue weighted by Gasteiger charge is -2.27. The summed E-state index contributed by atoms with van der Waals surface area (Å²) < 4.78 is 10.4. The van der Waals surface area contributed by atoms with Gasteiger partial charge in [-0.1, -0.05) is 23.4 Å². The average Bonchev–Trinajstić information content (AvgIpc) is 3.46. The molecule has 1 aliphatic rings. The summed E-state index contributed by atoms with van der Waals surface area (Å²) in [5, 5.41) is 14.6. The molecule has 0 fully saturated rings. The monoisotopic (exact) mass is 425 g/mol. The van der Waals surface area contributed by atoms with Crippen molar-refractivity contribution in [2.45, 2.75) is 13.0 Å². The zero-order valence-corrected chi connectivity index (χ0v) is 16.9. The minimum absolute atomic E-state index is 0.0155. The lowest BCUT2D eigenvalue weighted by Crippen LogP contribution is -2.37. The van der Waals surface area contributed by atoms with Gasteiger partial charge in [0.1, 0.15) is 11.5 Å². The predicted molar refractivity (Wildman–Crippen MR) is 110 cm³/mol. The van der Waals surface area contributed by atoms with E-state index in [1.54, 1.807) is 17.5 Å². The molecule has 3 aromatic rings. The molecule has 2 N–H and O–H groups in total. The third-order valence-electron chi connectivity index (χ3n) is 4.89. The molecular weight excluding hydrogens is 406 g/mol. The van der Waals surface area contributed by atoms with Crippen molar-refractivity contribution in [2.24, 2.45) is 0 Å². The van der Waals surface area contributed by atoms with E-state index < -0.39 is 5.91 Å². The maximum absolute atomic E-state index is 13.5. The normalized spacial score (nSPS) is 13.7. The molecule has 0 aliphatic carbocycles. The molecule has 154 valence electrons. The summed E-state index contributed by atoms with van der Waals surface area (Å²) in [6, 6.07) is 11.2. The van der Waals surface area contributed by atoms with Gasteiger partial charge in [0.2, 0.25) is 0 Å². The number of thiophene rings is 1. The SMILES string of the molecule is COc1ccc(/C(=C\c2cccs2)C(=O)N2CCc3onc(C(=O)NO)c3C2)cc1. The zero-order chi connectivity index (χ0) is 21.1. The summed E-state index contributed by atoms with van der Waals surface area (Å²) in [5.74, 6) is 0.314. The Morgan fingerprint density at radius 1 is 1.30 bits per heavy atom. The summed E-state index contributed by atoms with van der Waals surface area (Å²) in [7, 11) is 1.59. The first kappa shape index (κ1) is 19.9. The van der Waals surface area contributed by atoms with Crippen molar-refractivity contribution in [2.75, 3.05) is 13.7 Å². The van der Waals surface area contributed by atoms with Crippen molar-refractivity contribution in [1.82, 2.24) is 15.5 Å². The second kappa shape index (κ2) is 8.52. The maximum atomic E-state index is 13.5. The van der Waals surface area contributed by atoms with Crippen LogP contribution in [0.3, 0.4) is 0 Å². The molecule has 0 radical (unpaired) electrons. The number of carbonyl (C=O) groups excluding carboxylic acids is 2. The molecule has 0 spiro atoms. The first-order chi connectivity index (χ1) is 14.6. The lowest BCUT2D eigenvalue weighted by atomic mass is 10.0. The highest BCUT2D eigenvalue weighted by atomic mass is 32.1. The van der Waals surface area contributed by atoms with Crippen LogP contribution in [0.1, 0.15) is 32.3 Å². The number of nitrogens with one attached hydrogen (secondary N) is 1. The molecule has 3 heterocycles. The van der Waals surface area contributed by atoms with E-state index in [9.17, 15) is 9.59 Å². The van der Waals surface area contributed by atoms with Crippen molar-refractivity contribution in [3.05, 3.63) is 69.2 Å². The summed E-state index contributed by atoms with van der Waals surface area (Å²) in [5.41, 5.74) is 3.35. The quantitative estimate of drug-likeness (QED) is 0.370. The van der Waals surface area contributed by atoms with Crippen molar-refractivity contribution in [3.8, 4) is 5.75 Å². The number of aromatic nitrogens is 1. The van der Waals surface area contributed by atoms with Gasteiger partial charge < -0.3 is 14.2 Å². The minimum atomic E-state index is -0.765. The van der Waals surface area contributed by atoms with E-state index in [0.29, 0.717) is 35.6 Å². The fraction of sp³-hybridized carbons (Fsp3) is 0.190. The summed E-state index contributed by atoms with van der Waals surface area (Å²) in [4.78, 5) is 27.9. The van der Waals surface area contributed by atoms with Gasteiger partial charge in [-0.25, -0.2) is 5.48 Å². The second-order valence-corrected chi connectivity index (χ2v) is 7.63. The topological polar surface area (TPSA) is 105 Å². The molecule has 2 aromatic heterocycles. The number of hydrogen-bond donors (Lipinski definition) is 2. The summed E-state index contributed by atoms with van der Waals surface area (Å²) in [6.45, 7) is 0.595. The Morgan fingerprint density at radius 2 is 2.10 bits per heavy atom. The molecule has 0 bridgehead atoms. The zero-order valence-electron chi connectivity index (χ0n) is 16.1. The van der Waals surface area contributed by atoms with Gasteiger partial charge in [0.15, 0.2) is 5.69 Å². The van der Waals surface area contributed by atoms with Crippen molar-refractivity contribution in [1.29, 1.82) is 0 Å². The van der Waals surface area contributed by atoms with Crippen molar-refractivity contribution < 1.29 is 24.1 Å². The number of nitrogens with zero attached hydrogens (tertiary/aromatic N) is 2. The first-order valence-corrected chi connectivity index (χ1v) is 10.1. The second-order valence-electron chi connectivity index (χ2n) is 6.65. The number of hydrogen-bond acceptors (Lipinski definition) is 7. The first-order valence-electron chi connectivity index (χ1n) is 9.21. The molecule has 8 nitrogen and oxygen atoms in total. The van der Waals surface area contributed by atoms with E-state index in [4.69, 9.17) is 14.5 Å². The van der Waals surface area contributed by atoms with E-state index in [1.165, 1.54) is 11.3 Å². The molecular formula is C21H19N3O5S. The molecule has 9 heteroatoms. The Bertz CT molecular complexity index is 1090. The third-order valence-corrected chi connectivity index (χ3v) is 5.71. The van der Waals surface area contributed by atoms with E-state index in [2.05, 4.69) is 5.16 Å². The number of hydroxylamine groups is 1. The van der Waals surface area contributed by atoms with Crippen LogP contribution < -0.4 is 10.2 Å². The van der Waals surface area contributed by atoms with Gasteiger partial charge in [0.05, 0.1) is 13.7 Å². The number of carbonyl (C=O) groups is 2. The molecule has 30 heavy (non-hydrogen) atoms. The maximum Gasteiger partial charge on any atom is 0.297 e. The molecule has 4 rings (SSSR count). The standard InChI is InChI=1S/C21H19N3O5S/c1-28-14-6-4-13(5-7-14)16(11-15-3-2-10-30-15)21(26)24-9-8-18-17(12-24)19(23-29-18)20(25)22-27/h2-7,10-11,27H,8-9,12H2,1H3,(H,22,25)/b16-11+. The lowest BCUT2D eigenvalue weighted by molar-refractivity contribution is -0.125. The van der Waals surface area contributed by atoms with E-state index in [-0.39, 0.29) is 18.1 Å². The number of fused-ring (bicyclic) bond motifs is 1. The summed E-state index contributed by atoms with van der Waals surface area (Å²) >= 11 is 1.54. The van der Waals surface area contributed by atoms with Gasteiger partial charge in [-0.3, -0.25) is 14.8 Å². The van der Waals surface area contributed by atoms with Crippen molar-refractivity contribution in [3.63, 3.8) is 0 Å². The molecule has 0 saturated heterocycles. The number of methoxy groups -OCH3 is 1. The Balaban J connectivity index is 1.67. The molecule has 0 atom stereocenters. The van der Waals surface area contributed by atoms with Crippen LogP contribution in [-0.2, 0) is 17.8 Å². The Hall–Kier alpha value is -3.43. The smallest absolute Gasteiger partial charge is 0.297 e. The van der Waals surface area contributed by atoms with Gasteiger partial charge in [-0.15, -0.1) is 11.3 Å².